The van der Waals surface area contributed by atoms with Crippen molar-refractivity contribution >= 4 is 5.91 Å². The van der Waals surface area contributed by atoms with Crippen LogP contribution < -0.4 is 10.9 Å². The molecule has 0 radical (unpaired) electrons. The van der Waals surface area contributed by atoms with Crippen molar-refractivity contribution in [1.82, 2.24) is 25.3 Å². The van der Waals surface area contributed by atoms with Gasteiger partial charge in [0.15, 0.2) is 5.82 Å². The van der Waals surface area contributed by atoms with Gasteiger partial charge >= 0.3 is 0 Å². The number of aromatic nitrogens is 4. The molecule has 0 aliphatic rings. The largest absolute Gasteiger partial charge is 0.352 e. The topological polar surface area (TPSA) is 92.7 Å². The van der Waals surface area contributed by atoms with Crippen LogP contribution in [0.1, 0.15) is 55.6 Å². The van der Waals surface area contributed by atoms with Crippen LogP contribution in [-0.4, -0.2) is 32.4 Å². The molecule has 2 aromatic rings. The lowest BCUT2D eigenvalue weighted by atomic mass is 9.99. The second-order valence-corrected chi connectivity index (χ2v) is 5.96. The molecule has 1 atom stereocenters. The van der Waals surface area contributed by atoms with Crippen LogP contribution in [0, 0.1) is 12.8 Å². The van der Waals surface area contributed by atoms with Crippen molar-refractivity contribution < 1.29 is 4.79 Å². The number of H-pyrrole nitrogens is 1. The van der Waals surface area contributed by atoms with E-state index in [1.54, 1.807) is 10.7 Å². The zero-order valence-electron chi connectivity index (χ0n) is 14.5. The van der Waals surface area contributed by atoms with Crippen molar-refractivity contribution in [3.05, 3.63) is 39.9 Å². The highest BCUT2D eigenvalue weighted by atomic mass is 16.1. The van der Waals surface area contributed by atoms with E-state index in [0.29, 0.717) is 29.5 Å². The molecule has 0 spiro atoms. The smallest absolute Gasteiger partial charge is 0.264 e. The van der Waals surface area contributed by atoms with Gasteiger partial charge in [-0.2, -0.15) is 10.2 Å². The predicted octanol–water partition coefficient (Wildman–Crippen LogP) is 2.21. The number of amides is 1. The first kappa shape index (κ1) is 17.9. The van der Waals surface area contributed by atoms with Gasteiger partial charge in [0, 0.05) is 12.6 Å². The highest BCUT2D eigenvalue weighted by molar-refractivity contribution is 5.95. The van der Waals surface area contributed by atoms with Crippen molar-refractivity contribution in [3.8, 4) is 5.82 Å². The molecule has 2 N–H and O–H groups in total. The Morgan fingerprint density at radius 2 is 2.17 bits per heavy atom. The second-order valence-electron chi connectivity index (χ2n) is 5.96. The molecule has 0 saturated carbocycles. The summed E-state index contributed by atoms with van der Waals surface area (Å²) in [5, 5.41) is 13.5. The molecule has 24 heavy (non-hydrogen) atoms. The fraction of sp³-hybridized carbons (Fsp3) is 0.529. The number of unbranched alkanes of at least 4 members (excludes halogenated alkanes) is 1. The van der Waals surface area contributed by atoms with Gasteiger partial charge in [-0.1, -0.05) is 33.1 Å². The Bertz CT molecular complexity index is 714. The van der Waals surface area contributed by atoms with Crippen LogP contribution in [0.2, 0.25) is 0 Å². The SMILES string of the molecule is CCCC[C@H](CC)CNC(=O)c1cnn(-c2ccc(=O)[nH]n2)c1C. The molecule has 130 valence electrons. The number of aromatic amines is 1. The van der Waals surface area contributed by atoms with Crippen LogP contribution in [0.25, 0.3) is 5.82 Å². The lowest BCUT2D eigenvalue weighted by Gasteiger charge is -2.15. The van der Waals surface area contributed by atoms with E-state index in [4.69, 9.17) is 0 Å². The molecule has 2 rings (SSSR count). The first-order chi connectivity index (χ1) is 11.6. The average molecular weight is 331 g/mol. The van der Waals surface area contributed by atoms with Crippen molar-refractivity contribution in [2.75, 3.05) is 6.54 Å². The molecular weight excluding hydrogens is 306 g/mol. The molecule has 0 aliphatic heterocycles. The Hall–Kier alpha value is -2.44. The van der Waals surface area contributed by atoms with Crippen LogP contribution in [0.15, 0.2) is 23.1 Å². The van der Waals surface area contributed by atoms with Crippen molar-refractivity contribution in [3.63, 3.8) is 0 Å². The maximum atomic E-state index is 12.4. The third-order valence-electron chi connectivity index (χ3n) is 4.23. The average Bonchev–Trinajstić information content (AvgIpc) is 2.97. The summed E-state index contributed by atoms with van der Waals surface area (Å²) in [7, 11) is 0. The van der Waals surface area contributed by atoms with E-state index in [-0.39, 0.29) is 11.5 Å². The second kappa shape index (κ2) is 8.42. The van der Waals surface area contributed by atoms with Gasteiger partial charge in [-0.15, -0.1) is 0 Å². The van der Waals surface area contributed by atoms with Crippen molar-refractivity contribution in [1.29, 1.82) is 0 Å². The molecule has 2 heterocycles. The van der Waals surface area contributed by atoms with Crippen LogP contribution in [0.4, 0.5) is 0 Å². The summed E-state index contributed by atoms with van der Waals surface area (Å²) in [5.74, 6) is 0.851. The Kier molecular flexibility index (Phi) is 6.28. The van der Waals surface area contributed by atoms with E-state index in [0.717, 1.165) is 12.8 Å². The molecule has 7 heteroatoms. The van der Waals surface area contributed by atoms with Crippen LogP contribution >= 0.6 is 0 Å². The summed E-state index contributed by atoms with van der Waals surface area (Å²) < 4.78 is 1.54. The van der Waals surface area contributed by atoms with Gasteiger partial charge in [-0.25, -0.2) is 9.78 Å². The van der Waals surface area contributed by atoms with Crippen molar-refractivity contribution in [2.45, 2.75) is 46.5 Å². The number of nitrogens with zero attached hydrogens (tertiary/aromatic N) is 3. The molecule has 2 aromatic heterocycles. The molecule has 0 aliphatic carbocycles. The zero-order chi connectivity index (χ0) is 17.5. The summed E-state index contributed by atoms with van der Waals surface area (Å²) >= 11 is 0. The summed E-state index contributed by atoms with van der Waals surface area (Å²) in [6.45, 7) is 6.81. The molecular formula is C17H25N5O2. The van der Waals surface area contributed by atoms with Crippen molar-refractivity contribution in [2.24, 2.45) is 5.92 Å². The van der Waals surface area contributed by atoms with Crippen LogP contribution in [-0.2, 0) is 0 Å². The normalized spacial score (nSPS) is 12.1. The van der Waals surface area contributed by atoms with Gasteiger partial charge < -0.3 is 5.32 Å². The van der Waals surface area contributed by atoms with E-state index in [9.17, 15) is 9.59 Å². The first-order valence-electron chi connectivity index (χ1n) is 8.45. The van der Waals surface area contributed by atoms with E-state index in [2.05, 4.69) is 34.5 Å². The fourth-order valence-electron chi connectivity index (χ4n) is 2.59. The van der Waals surface area contributed by atoms with Gasteiger partial charge in [0.25, 0.3) is 11.5 Å². The Labute approximate surface area is 141 Å². The highest BCUT2D eigenvalue weighted by Crippen LogP contribution is 2.14. The molecule has 1 amide bonds. The van der Waals surface area contributed by atoms with Gasteiger partial charge in [0.05, 0.1) is 17.5 Å². The van der Waals surface area contributed by atoms with Gasteiger partial charge in [-0.05, 0) is 25.3 Å². The van der Waals surface area contributed by atoms with E-state index in [1.807, 2.05) is 6.92 Å². The third kappa shape index (κ3) is 4.31. The Balaban J connectivity index is 2.05. The lowest BCUT2D eigenvalue weighted by molar-refractivity contribution is 0.0945. The molecule has 0 unspecified atom stereocenters. The molecule has 0 aromatic carbocycles. The van der Waals surface area contributed by atoms with Gasteiger partial charge in [-0.3, -0.25) is 9.59 Å². The lowest BCUT2D eigenvalue weighted by Crippen LogP contribution is -2.29. The zero-order valence-corrected chi connectivity index (χ0v) is 14.5. The minimum absolute atomic E-state index is 0.127. The maximum Gasteiger partial charge on any atom is 0.264 e. The Morgan fingerprint density at radius 3 is 2.79 bits per heavy atom. The number of carbonyl (C=O) groups is 1. The monoisotopic (exact) mass is 331 g/mol. The number of nitrogens with one attached hydrogen (secondary N) is 2. The highest BCUT2D eigenvalue weighted by Gasteiger charge is 2.16. The van der Waals surface area contributed by atoms with Gasteiger partial charge in [0.2, 0.25) is 0 Å². The quantitative estimate of drug-likeness (QED) is 0.775. The third-order valence-corrected chi connectivity index (χ3v) is 4.23. The van der Waals surface area contributed by atoms with Crippen LogP contribution in [0.3, 0.4) is 0 Å². The standard InChI is InChI=1S/C17H25N5O2/c1-4-6-7-13(5-2)10-18-17(24)14-11-19-22(12(14)3)15-8-9-16(23)21-20-15/h8-9,11,13H,4-7,10H2,1-3H3,(H,18,24)(H,21,23)/t13-/m0/s1. The minimum atomic E-state index is -0.279. The molecule has 7 nitrogen and oxygen atoms in total. The van der Waals surface area contributed by atoms with Crippen LogP contribution in [0.5, 0.6) is 0 Å². The number of hydrogen-bond donors (Lipinski definition) is 2. The van der Waals surface area contributed by atoms with E-state index < -0.39 is 0 Å². The molecule has 0 fully saturated rings. The molecule has 0 bridgehead atoms. The maximum absolute atomic E-state index is 12.4. The van der Waals surface area contributed by atoms with Gasteiger partial charge in [0.1, 0.15) is 0 Å². The summed E-state index contributed by atoms with van der Waals surface area (Å²) in [6, 6.07) is 2.95. The summed E-state index contributed by atoms with van der Waals surface area (Å²) in [6.07, 6.45) is 6.07. The molecule has 0 saturated heterocycles. The fourth-order valence-corrected chi connectivity index (χ4v) is 2.59. The number of rotatable bonds is 8. The predicted molar refractivity (Wildman–Crippen MR) is 92.4 cm³/mol. The number of carbonyl (C=O) groups excluding carboxylic acids is 1. The Morgan fingerprint density at radius 1 is 1.38 bits per heavy atom. The van der Waals surface area contributed by atoms with E-state index >= 15 is 0 Å². The minimum Gasteiger partial charge on any atom is -0.352 e. The summed E-state index contributed by atoms with van der Waals surface area (Å²) in [5.41, 5.74) is 0.932. The number of hydrogen-bond acceptors (Lipinski definition) is 4. The summed E-state index contributed by atoms with van der Waals surface area (Å²) in [4.78, 5) is 23.5. The van der Waals surface area contributed by atoms with E-state index in [1.165, 1.54) is 25.1 Å². The first-order valence-corrected chi connectivity index (χ1v) is 8.45.